The standard InChI is InChI=1S/C41H34O8S/c1-3-39(43)48-28-27-47-36-19-13-33(14-20-36)11-9-31-5-7-32(8-6-31)10-12-34-15-23-38(24-16-34)50-41(45)35-17-21-37(22-18-35)46-25-4-26-49-40(44)30(2)29-42/h3,5-8,13-24,42H,1-2,4,25-29H2. The summed E-state index contributed by atoms with van der Waals surface area (Å²) in [5.74, 6) is 12.7. The fourth-order valence-electron chi connectivity index (χ4n) is 3.96. The molecule has 4 aromatic carbocycles. The van der Waals surface area contributed by atoms with E-state index in [2.05, 4.69) is 36.8 Å². The highest BCUT2D eigenvalue weighted by Gasteiger charge is 2.09. The van der Waals surface area contributed by atoms with Crippen molar-refractivity contribution in [3.05, 3.63) is 150 Å². The second kappa shape index (κ2) is 19.7. The third-order valence-corrected chi connectivity index (χ3v) is 7.56. The first-order chi connectivity index (χ1) is 24.3. The van der Waals surface area contributed by atoms with Gasteiger partial charge in [0.25, 0.3) is 0 Å². The first-order valence-corrected chi connectivity index (χ1v) is 16.3. The average molecular weight is 687 g/mol. The Hall–Kier alpha value is -6.00. The maximum absolute atomic E-state index is 12.8. The number of hydrogen-bond donors (Lipinski definition) is 1. The van der Waals surface area contributed by atoms with Crippen molar-refractivity contribution in [2.24, 2.45) is 0 Å². The number of esters is 2. The number of rotatable bonds is 14. The summed E-state index contributed by atoms with van der Waals surface area (Å²) in [5.41, 5.74) is 3.92. The largest absolute Gasteiger partial charge is 0.493 e. The number of carbonyl (C=O) groups is 3. The summed E-state index contributed by atoms with van der Waals surface area (Å²) in [5, 5.41) is 8.78. The molecule has 252 valence electrons. The van der Waals surface area contributed by atoms with Crippen LogP contribution in [0.3, 0.4) is 0 Å². The van der Waals surface area contributed by atoms with Gasteiger partial charge in [-0.2, -0.15) is 0 Å². The lowest BCUT2D eigenvalue weighted by molar-refractivity contribution is -0.140. The maximum Gasteiger partial charge on any atom is 0.335 e. The Balaban J connectivity index is 1.20. The van der Waals surface area contributed by atoms with Gasteiger partial charge in [-0.05, 0) is 109 Å². The quantitative estimate of drug-likeness (QED) is 0.0531. The highest BCUT2D eigenvalue weighted by atomic mass is 32.2. The summed E-state index contributed by atoms with van der Waals surface area (Å²) < 4.78 is 21.0. The fraction of sp³-hybridized carbons (Fsp3) is 0.146. The lowest BCUT2D eigenvalue weighted by Crippen LogP contribution is -2.12. The zero-order valence-corrected chi connectivity index (χ0v) is 28.0. The zero-order chi connectivity index (χ0) is 35.6. The van der Waals surface area contributed by atoms with Gasteiger partial charge in [-0.15, -0.1) is 0 Å². The van der Waals surface area contributed by atoms with E-state index in [1.54, 1.807) is 24.3 Å². The Kier molecular flexibility index (Phi) is 14.5. The second-order valence-electron chi connectivity index (χ2n) is 10.4. The number of carbonyl (C=O) groups excluding carboxylic acids is 3. The van der Waals surface area contributed by atoms with Gasteiger partial charge in [-0.1, -0.05) is 36.8 Å². The molecule has 0 fully saturated rings. The molecule has 0 saturated heterocycles. The van der Waals surface area contributed by atoms with E-state index in [4.69, 9.17) is 24.1 Å². The molecule has 0 unspecified atom stereocenters. The molecule has 0 heterocycles. The molecular weight excluding hydrogens is 653 g/mol. The minimum Gasteiger partial charge on any atom is -0.493 e. The van der Waals surface area contributed by atoms with E-state index in [0.717, 1.165) is 45.0 Å². The monoisotopic (exact) mass is 686 g/mol. The van der Waals surface area contributed by atoms with Gasteiger partial charge < -0.3 is 24.1 Å². The fourth-order valence-corrected chi connectivity index (χ4v) is 4.70. The Labute approximate surface area is 295 Å². The molecule has 1 N–H and O–H groups in total. The molecule has 0 atom stereocenters. The van der Waals surface area contributed by atoms with Crippen molar-refractivity contribution in [2.75, 3.05) is 33.0 Å². The molecule has 4 rings (SSSR count). The minimum absolute atomic E-state index is 0.00716. The van der Waals surface area contributed by atoms with Gasteiger partial charge >= 0.3 is 11.9 Å². The molecule has 0 aliphatic carbocycles. The van der Waals surface area contributed by atoms with E-state index in [9.17, 15) is 14.4 Å². The normalized spacial score (nSPS) is 9.94. The van der Waals surface area contributed by atoms with E-state index in [-0.39, 0.29) is 30.5 Å². The summed E-state index contributed by atoms with van der Waals surface area (Å²) >= 11 is 1.13. The molecule has 4 aromatic rings. The van der Waals surface area contributed by atoms with Crippen LogP contribution in [0.15, 0.2) is 127 Å². The first kappa shape index (κ1) is 36.8. The number of aliphatic hydroxyl groups excluding tert-OH is 1. The minimum atomic E-state index is -0.627. The average Bonchev–Trinajstić information content (AvgIpc) is 3.15. The zero-order valence-electron chi connectivity index (χ0n) is 27.2. The van der Waals surface area contributed by atoms with Crippen molar-refractivity contribution < 1.29 is 38.4 Å². The van der Waals surface area contributed by atoms with E-state index in [1.165, 1.54) is 0 Å². The van der Waals surface area contributed by atoms with Gasteiger partial charge in [0, 0.05) is 45.2 Å². The number of hydrogen-bond acceptors (Lipinski definition) is 9. The van der Waals surface area contributed by atoms with Crippen molar-refractivity contribution in [1.29, 1.82) is 0 Å². The summed E-state index contributed by atoms with van der Waals surface area (Å²) in [7, 11) is 0. The molecule has 8 nitrogen and oxygen atoms in total. The van der Waals surface area contributed by atoms with Crippen LogP contribution >= 0.6 is 11.8 Å². The van der Waals surface area contributed by atoms with Crippen LogP contribution in [0.5, 0.6) is 11.5 Å². The van der Waals surface area contributed by atoms with Crippen LogP contribution in [0.2, 0.25) is 0 Å². The first-order valence-electron chi connectivity index (χ1n) is 15.5. The van der Waals surface area contributed by atoms with Crippen LogP contribution < -0.4 is 9.47 Å². The van der Waals surface area contributed by atoms with Crippen molar-refractivity contribution in [3.8, 4) is 35.2 Å². The van der Waals surface area contributed by atoms with Gasteiger partial charge in [0.1, 0.15) is 24.7 Å². The van der Waals surface area contributed by atoms with E-state index < -0.39 is 18.5 Å². The predicted octanol–water partition coefficient (Wildman–Crippen LogP) is 6.39. The third-order valence-electron chi connectivity index (χ3n) is 6.63. The Bertz CT molecular complexity index is 1910. The highest BCUT2D eigenvalue weighted by molar-refractivity contribution is 8.14. The van der Waals surface area contributed by atoms with E-state index in [0.29, 0.717) is 30.1 Å². The molecule has 0 saturated carbocycles. The number of ether oxygens (including phenoxy) is 4. The van der Waals surface area contributed by atoms with Crippen molar-refractivity contribution in [2.45, 2.75) is 11.3 Å². The second-order valence-corrected chi connectivity index (χ2v) is 11.4. The Morgan fingerprint density at radius 3 is 1.64 bits per heavy atom. The third kappa shape index (κ3) is 12.6. The topological polar surface area (TPSA) is 108 Å². The highest BCUT2D eigenvalue weighted by Crippen LogP contribution is 2.24. The Morgan fingerprint density at radius 2 is 1.12 bits per heavy atom. The lowest BCUT2D eigenvalue weighted by atomic mass is 10.1. The molecule has 50 heavy (non-hydrogen) atoms. The maximum atomic E-state index is 12.8. The summed E-state index contributed by atoms with van der Waals surface area (Å²) in [6.07, 6.45) is 1.58. The van der Waals surface area contributed by atoms with Crippen molar-refractivity contribution >= 4 is 28.8 Å². The van der Waals surface area contributed by atoms with E-state index >= 15 is 0 Å². The van der Waals surface area contributed by atoms with Crippen LogP contribution in [0, 0.1) is 23.7 Å². The SMILES string of the molecule is C=CC(=O)OCCOc1ccc(C#Cc2ccc(C#Cc3ccc(SC(=O)c4ccc(OCCCOC(=O)C(=C)CO)cc4)cc3)cc2)cc1. The number of thioether (sulfide) groups is 1. The number of aliphatic hydroxyl groups is 1. The van der Waals surface area contributed by atoms with Crippen molar-refractivity contribution in [3.63, 3.8) is 0 Å². The van der Waals surface area contributed by atoms with Crippen LogP contribution in [0.25, 0.3) is 0 Å². The van der Waals surface area contributed by atoms with Crippen LogP contribution in [0.1, 0.15) is 39.0 Å². The molecule has 0 bridgehead atoms. The molecule has 0 aromatic heterocycles. The molecule has 9 heteroatoms. The Morgan fingerprint density at radius 1 is 0.640 bits per heavy atom. The van der Waals surface area contributed by atoms with Crippen LogP contribution in [0.4, 0.5) is 0 Å². The van der Waals surface area contributed by atoms with Gasteiger partial charge in [0.15, 0.2) is 0 Å². The van der Waals surface area contributed by atoms with Crippen LogP contribution in [-0.4, -0.2) is 55.2 Å². The molecule has 0 aliphatic rings. The van der Waals surface area contributed by atoms with Gasteiger partial charge in [-0.3, -0.25) is 4.79 Å². The molecule has 0 aliphatic heterocycles. The smallest absolute Gasteiger partial charge is 0.335 e. The molecule has 0 spiro atoms. The van der Waals surface area contributed by atoms with Gasteiger partial charge in [0.05, 0.1) is 25.4 Å². The molecule has 0 amide bonds. The molecule has 0 radical (unpaired) electrons. The van der Waals surface area contributed by atoms with Gasteiger partial charge in [0.2, 0.25) is 5.12 Å². The van der Waals surface area contributed by atoms with E-state index in [1.807, 2.05) is 72.8 Å². The predicted molar refractivity (Wildman–Crippen MR) is 192 cm³/mol. The van der Waals surface area contributed by atoms with Gasteiger partial charge in [-0.25, -0.2) is 9.59 Å². The molecular formula is C41H34O8S. The number of benzene rings is 4. The van der Waals surface area contributed by atoms with Crippen LogP contribution in [-0.2, 0) is 19.1 Å². The lowest BCUT2D eigenvalue weighted by Gasteiger charge is -2.08. The van der Waals surface area contributed by atoms with Crippen molar-refractivity contribution in [1.82, 2.24) is 0 Å². The summed E-state index contributed by atoms with van der Waals surface area (Å²) in [4.78, 5) is 36.1. The summed E-state index contributed by atoms with van der Waals surface area (Å²) in [6, 6.07) is 29.4. The summed E-state index contributed by atoms with van der Waals surface area (Å²) in [6.45, 7) is 7.18.